The lowest BCUT2D eigenvalue weighted by Gasteiger charge is -2.26. The maximum atomic E-state index is 6.23. The van der Waals surface area contributed by atoms with E-state index in [0.29, 0.717) is 6.61 Å². The Morgan fingerprint density at radius 1 is 0.966 bits per heavy atom. The Morgan fingerprint density at radius 3 is 2.45 bits per heavy atom. The number of hydrogen-bond donors (Lipinski definition) is 0. The molecule has 1 aliphatic carbocycles. The third kappa shape index (κ3) is 3.36. The molecule has 0 N–H and O–H groups in total. The van der Waals surface area contributed by atoms with Crippen LogP contribution in [0.3, 0.4) is 0 Å². The number of epoxide rings is 1. The zero-order valence-corrected chi connectivity index (χ0v) is 17.7. The van der Waals surface area contributed by atoms with Gasteiger partial charge in [-0.25, -0.2) is 0 Å². The van der Waals surface area contributed by atoms with Crippen molar-refractivity contribution in [3.63, 3.8) is 0 Å². The van der Waals surface area contributed by atoms with Crippen molar-refractivity contribution in [3.05, 3.63) is 76.9 Å². The molecule has 3 aromatic carbocycles. The highest BCUT2D eigenvalue weighted by atomic mass is 16.6. The van der Waals surface area contributed by atoms with Gasteiger partial charge in [0.15, 0.2) is 0 Å². The van der Waals surface area contributed by atoms with E-state index in [4.69, 9.17) is 9.47 Å². The maximum Gasteiger partial charge on any atom is 0.126 e. The van der Waals surface area contributed by atoms with Crippen LogP contribution in [0.2, 0.25) is 0 Å². The minimum Gasteiger partial charge on any atom is -0.490 e. The lowest BCUT2D eigenvalue weighted by Crippen LogP contribution is -2.16. The zero-order valence-electron chi connectivity index (χ0n) is 17.7. The Morgan fingerprint density at radius 2 is 1.69 bits per heavy atom. The molecule has 0 spiro atoms. The molecule has 1 atom stereocenters. The number of benzene rings is 3. The fraction of sp³-hybridized carbons (Fsp3) is 0.333. The van der Waals surface area contributed by atoms with E-state index in [1.54, 1.807) is 0 Å². The molecule has 2 heteroatoms. The fourth-order valence-corrected chi connectivity index (χ4v) is 4.45. The van der Waals surface area contributed by atoms with Crippen LogP contribution in [0.1, 0.15) is 43.0 Å². The minimum absolute atomic E-state index is 0.00142. The van der Waals surface area contributed by atoms with Crippen molar-refractivity contribution in [1.29, 1.82) is 0 Å². The summed E-state index contributed by atoms with van der Waals surface area (Å²) in [6, 6.07) is 20.1. The fourth-order valence-electron chi connectivity index (χ4n) is 4.45. The van der Waals surface area contributed by atoms with Crippen molar-refractivity contribution >= 4 is 0 Å². The molecule has 5 rings (SSSR count). The van der Waals surface area contributed by atoms with Gasteiger partial charge in [0.05, 0.1) is 6.61 Å². The maximum absolute atomic E-state index is 6.23. The van der Waals surface area contributed by atoms with Crippen LogP contribution in [0.5, 0.6) is 5.75 Å². The Kier molecular flexibility index (Phi) is 4.29. The molecule has 1 fully saturated rings. The van der Waals surface area contributed by atoms with Gasteiger partial charge in [-0.15, -0.1) is 0 Å². The molecule has 2 aliphatic rings. The molecule has 3 aromatic rings. The second kappa shape index (κ2) is 6.74. The van der Waals surface area contributed by atoms with Gasteiger partial charge in [-0.05, 0) is 69.8 Å². The summed E-state index contributed by atoms with van der Waals surface area (Å²) in [5.41, 5.74) is 10.7. The molecule has 148 valence electrons. The van der Waals surface area contributed by atoms with E-state index in [-0.39, 0.29) is 11.5 Å². The van der Waals surface area contributed by atoms with E-state index in [9.17, 15) is 0 Å². The molecule has 1 heterocycles. The van der Waals surface area contributed by atoms with Crippen molar-refractivity contribution in [2.45, 2.75) is 45.6 Å². The van der Waals surface area contributed by atoms with E-state index >= 15 is 0 Å². The number of ether oxygens (including phenoxy) is 2. The normalized spacial score (nSPS) is 17.0. The number of aryl methyl sites for hydroxylation is 1. The smallest absolute Gasteiger partial charge is 0.126 e. The third-order valence-corrected chi connectivity index (χ3v) is 6.06. The Hall–Kier alpha value is -2.58. The second-order valence-corrected chi connectivity index (χ2v) is 9.35. The summed E-state index contributed by atoms with van der Waals surface area (Å²) in [4.78, 5) is 0. The summed E-state index contributed by atoms with van der Waals surface area (Å²) in [5.74, 6) is 1.02. The standard InChI is InChI=1S/C27H28O2/c1-17-12-19(14-25(27(2,3)4)26(17)29-16-20-15-28-20)22-10-7-11-23-21-9-6-5-8-18(21)13-24(22)23/h5-12,14,20H,13,15-16H2,1-4H3. The first-order chi connectivity index (χ1) is 13.9. The Labute approximate surface area is 173 Å². The quantitative estimate of drug-likeness (QED) is 0.385. The first-order valence-corrected chi connectivity index (χ1v) is 10.5. The zero-order chi connectivity index (χ0) is 20.2. The van der Waals surface area contributed by atoms with Crippen molar-refractivity contribution < 1.29 is 9.47 Å². The monoisotopic (exact) mass is 384 g/mol. The summed E-state index contributed by atoms with van der Waals surface area (Å²) in [5, 5.41) is 0. The highest BCUT2D eigenvalue weighted by Crippen LogP contribution is 2.44. The predicted molar refractivity (Wildman–Crippen MR) is 119 cm³/mol. The van der Waals surface area contributed by atoms with E-state index in [1.165, 1.54) is 44.5 Å². The van der Waals surface area contributed by atoms with Crippen LogP contribution in [0.25, 0.3) is 22.3 Å². The summed E-state index contributed by atoms with van der Waals surface area (Å²) >= 11 is 0. The second-order valence-electron chi connectivity index (χ2n) is 9.35. The van der Waals surface area contributed by atoms with Crippen LogP contribution in [-0.4, -0.2) is 19.3 Å². The van der Waals surface area contributed by atoms with Crippen molar-refractivity contribution in [2.75, 3.05) is 13.2 Å². The molecular weight excluding hydrogens is 356 g/mol. The molecule has 2 nitrogen and oxygen atoms in total. The first kappa shape index (κ1) is 18.4. The van der Waals surface area contributed by atoms with Crippen molar-refractivity contribution in [1.82, 2.24) is 0 Å². The first-order valence-electron chi connectivity index (χ1n) is 10.5. The van der Waals surface area contributed by atoms with Gasteiger partial charge in [-0.2, -0.15) is 0 Å². The SMILES string of the molecule is Cc1cc(-c2cccc3c2Cc2ccccc2-3)cc(C(C)(C)C)c1OCC1CO1. The van der Waals surface area contributed by atoms with Gasteiger partial charge in [0.25, 0.3) is 0 Å². The highest BCUT2D eigenvalue weighted by molar-refractivity contribution is 5.85. The van der Waals surface area contributed by atoms with Crippen LogP contribution in [-0.2, 0) is 16.6 Å². The van der Waals surface area contributed by atoms with Gasteiger partial charge in [-0.3, -0.25) is 0 Å². The predicted octanol–water partition coefficient (Wildman–Crippen LogP) is 6.31. The van der Waals surface area contributed by atoms with E-state index in [0.717, 1.165) is 18.8 Å². The topological polar surface area (TPSA) is 21.8 Å². The van der Waals surface area contributed by atoms with Gasteiger partial charge in [0.1, 0.15) is 18.5 Å². The van der Waals surface area contributed by atoms with Crippen molar-refractivity contribution in [2.24, 2.45) is 0 Å². The van der Waals surface area contributed by atoms with Crippen molar-refractivity contribution in [3.8, 4) is 28.0 Å². The number of rotatable bonds is 4. The minimum atomic E-state index is 0.00142. The summed E-state index contributed by atoms with van der Waals surface area (Å²) in [7, 11) is 0. The number of hydrogen-bond acceptors (Lipinski definition) is 2. The molecule has 0 bridgehead atoms. The lowest BCUT2D eigenvalue weighted by molar-refractivity contribution is 0.257. The van der Waals surface area contributed by atoms with E-state index < -0.39 is 0 Å². The van der Waals surface area contributed by atoms with Gasteiger partial charge in [0, 0.05) is 5.56 Å². The van der Waals surface area contributed by atoms with Crippen LogP contribution in [0, 0.1) is 6.92 Å². The molecule has 0 amide bonds. The molecular formula is C27H28O2. The van der Waals surface area contributed by atoms with E-state index in [2.05, 4.69) is 82.3 Å². The third-order valence-electron chi connectivity index (χ3n) is 6.06. The summed E-state index contributed by atoms with van der Waals surface area (Å²) < 4.78 is 11.6. The van der Waals surface area contributed by atoms with Gasteiger partial charge < -0.3 is 9.47 Å². The van der Waals surface area contributed by atoms with Crippen LogP contribution >= 0.6 is 0 Å². The van der Waals surface area contributed by atoms with Gasteiger partial charge in [0.2, 0.25) is 0 Å². The van der Waals surface area contributed by atoms with E-state index in [1.807, 2.05) is 0 Å². The van der Waals surface area contributed by atoms with Crippen LogP contribution in [0.15, 0.2) is 54.6 Å². The molecule has 1 unspecified atom stereocenters. The van der Waals surface area contributed by atoms with Gasteiger partial charge in [-0.1, -0.05) is 63.2 Å². The lowest BCUT2D eigenvalue weighted by atomic mass is 9.82. The molecule has 0 saturated carbocycles. The average molecular weight is 385 g/mol. The average Bonchev–Trinajstić information content (AvgIpc) is 3.44. The molecule has 0 aromatic heterocycles. The number of fused-ring (bicyclic) bond motifs is 3. The van der Waals surface area contributed by atoms with Gasteiger partial charge >= 0.3 is 0 Å². The molecule has 29 heavy (non-hydrogen) atoms. The molecule has 0 radical (unpaired) electrons. The molecule has 1 saturated heterocycles. The summed E-state index contributed by atoms with van der Waals surface area (Å²) in [6.45, 7) is 10.4. The Balaban J connectivity index is 1.61. The largest absolute Gasteiger partial charge is 0.490 e. The Bertz CT molecular complexity index is 1080. The van der Waals surface area contributed by atoms with Crippen LogP contribution < -0.4 is 4.74 Å². The highest BCUT2D eigenvalue weighted by Gasteiger charge is 2.28. The van der Waals surface area contributed by atoms with Crippen LogP contribution in [0.4, 0.5) is 0 Å². The molecule has 1 aliphatic heterocycles. The summed E-state index contributed by atoms with van der Waals surface area (Å²) in [6.07, 6.45) is 1.26.